The van der Waals surface area contributed by atoms with Crippen molar-refractivity contribution in [2.45, 2.75) is 6.92 Å². The third kappa shape index (κ3) is 3.24. The minimum Gasteiger partial charge on any atom is -0.316 e. The Kier molecular flexibility index (Phi) is 4.29. The van der Waals surface area contributed by atoms with Gasteiger partial charge in [0.2, 0.25) is 0 Å². The number of nitrogens with one attached hydrogen (secondary N) is 1. The SMILES string of the molecule is CNC/C(C)=C/c1ccc(Br)cc1F. The van der Waals surface area contributed by atoms with Crippen molar-refractivity contribution in [3.05, 3.63) is 39.6 Å². The standard InChI is InChI=1S/C11H13BrFN/c1-8(7-14-2)5-9-3-4-10(12)6-11(9)13/h3-6,14H,7H2,1-2H3/b8-5+. The van der Waals surface area contributed by atoms with E-state index in [-0.39, 0.29) is 5.82 Å². The lowest BCUT2D eigenvalue weighted by Crippen LogP contribution is -2.08. The Bertz CT molecular complexity index is 347. The molecule has 0 aliphatic rings. The summed E-state index contributed by atoms with van der Waals surface area (Å²) in [5, 5.41) is 3.02. The Morgan fingerprint density at radius 1 is 1.57 bits per heavy atom. The third-order valence-electron chi connectivity index (χ3n) is 1.82. The van der Waals surface area contributed by atoms with Gasteiger partial charge in [0.1, 0.15) is 5.82 Å². The van der Waals surface area contributed by atoms with E-state index < -0.39 is 0 Å². The van der Waals surface area contributed by atoms with Crippen LogP contribution in [0.1, 0.15) is 12.5 Å². The number of hydrogen-bond acceptors (Lipinski definition) is 1. The Balaban J connectivity index is 2.91. The van der Waals surface area contributed by atoms with Crippen molar-refractivity contribution in [2.24, 2.45) is 0 Å². The van der Waals surface area contributed by atoms with Crippen LogP contribution in [0.2, 0.25) is 0 Å². The van der Waals surface area contributed by atoms with Crippen LogP contribution in [-0.4, -0.2) is 13.6 Å². The summed E-state index contributed by atoms with van der Waals surface area (Å²) < 4.78 is 14.1. The first-order chi connectivity index (χ1) is 6.63. The third-order valence-corrected chi connectivity index (χ3v) is 2.31. The van der Waals surface area contributed by atoms with Crippen molar-refractivity contribution in [3.63, 3.8) is 0 Å². The van der Waals surface area contributed by atoms with Crippen molar-refractivity contribution >= 4 is 22.0 Å². The molecule has 1 N–H and O–H groups in total. The van der Waals surface area contributed by atoms with Gasteiger partial charge in [0.05, 0.1) is 0 Å². The van der Waals surface area contributed by atoms with Gasteiger partial charge in [-0.05, 0) is 26.1 Å². The molecule has 76 valence electrons. The topological polar surface area (TPSA) is 12.0 Å². The maximum absolute atomic E-state index is 13.4. The first-order valence-corrected chi connectivity index (χ1v) is 5.19. The quantitative estimate of drug-likeness (QED) is 0.877. The Labute approximate surface area is 92.1 Å². The average Bonchev–Trinajstić information content (AvgIpc) is 2.10. The number of halogens is 2. The Morgan fingerprint density at radius 2 is 2.29 bits per heavy atom. The maximum atomic E-state index is 13.4. The van der Waals surface area contributed by atoms with E-state index in [4.69, 9.17) is 0 Å². The van der Waals surface area contributed by atoms with Crippen molar-refractivity contribution in [1.82, 2.24) is 5.32 Å². The van der Waals surface area contributed by atoms with Gasteiger partial charge in [0.25, 0.3) is 0 Å². The maximum Gasteiger partial charge on any atom is 0.131 e. The number of likely N-dealkylation sites (N-methyl/N-ethyl adjacent to an activating group) is 1. The van der Waals surface area contributed by atoms with E-state index in [2.05, 4.69) is 21.2 Å². The zero-order valence-electron chi connectivity index (χ0n) is 8.27. The Morgan fingerprint density at radius 3 is 2.86 bits per heavy atom. The largest absolute Gasteiger partial charge is 0.316 e. The fourth-order valence-corrected chi connectivity index (χ4v) is 1.55. The molecule has 0 aliphatic heterocycles. The molecule has 0 saturated heterocycles. The number of rotatable bonds is 3. The summed E-state index contributed by atoms with van der Waals surface area (Å²) in [6.07, 6.45) is 1.85. The lowest BCUT2D eigenvalue weighted by molar-refractivity contribution is 0.624. The second kappa shape index (κ2) is 5.27. The number of benzene rings is 1. The van der Waals surface area contributed by atoms with Gasteiger partial charge < -0.3 is 5.32 Å². The molecule has 14 heavy (non-hydrogen) atoms. The Hall–Kier alpha value is -0.670. The normalized spacial score (nSPS) is 11.9. The minimum absolute atomic E-state index is 0.199. The van der Waals surface area contributed by atoms with Crippen LogP contribution in [0.4, 0.5) is 4.39 Å². The molecule has 1 aromatic carbocycles. The molecule has 1 rings (SSSR count). The van der Waals surface area contributed by atoms with Crippen molar-refractivity contribution < 1.29 is 4.39 Å². The molecule has 0 unspecified atom stereocenters. The molecule has 0 saturated carbocycles. The zero-order valence-corrected chi connectivity index (χ0v) is 9.86. The molecule has 0 amide bonds. The second-order valence-corrected chi connectivity index (χ2v) is 4.10. The van der Waals surface area contributed by atoms with E-state index in [1.54, 1.807) is 6.07 Å². The summed E-state index contributed by atoms with van der Waals surface area (Å²) in [6, 6.07) is 5.07. The van der Waals surface area contributed by atoms with Gasteiger partial charge in [-0.2, -0.15) is 0 Å². The summed E-state index contributed by atoms with van der Waals surface area (Å²) >= 11 is 3.22. The lowest BCUT2D eigenvalue weighted by atomic mass is 10.1. The predicted octanol–water partition coefficient (Wildman–Crippen LogP) is 3.21. The summed E-state index contributed by atoms with van der Waals surface area (Å²) in [4.78, 5) is 0. The van der Waals surface area contributed by atoms with Gasteiger partial charge in [0, 0.05) is 16.6 Å². The fourth-order valence-electron chi connectivity index (χ4n) is 1.21. The molecule has 0 fully saturated rings. The molecular weight excluding hydrogens is 245 g/mol. The molecule has 0 spiro atoms. The minimum atomic E-state index is -0.199. The number of hydrogen-bond donors (Lipinski definition) is 1. The van der Waals surface area contributed by atoms with Crippen LogP contribution in [0.15, 0.2) is 28.2 Å². The smallest absolute Gasteiger partial charge is 0.131 e. The van der Waals surface area contributed by atoms with Gasteiger partial charge >= 0.3 is 0 Å². The highest BCUT2D eigenvalue weighted by molar-refractivity contribution is 9.10. The summed E-state index contributed by atoms with van der Waals surface area (Å²) in [7, 11) is 1.87. The molecule has 0 heterocycles. The van der Waals surface area contributed by atoms with E-state index in [1.807, 2.05) is 26.1 Å². The molecule has 0 aliphatic carbocycles. The highest BCUT2D eigenvalue weighted by atomic mass is 79.9. The van der Waals surface area contributed by atoms with Crippen molar-refractivity contribution in [3.8, 4) is 0 Å². The van der Waals surface area contributed by atoms with Crippen LogP contribution in [0.25, 0.3) is 6.08 Å². The summed E-state index contributed by atoms with van der Waals surface area (Å²) in [5.41, 5.74) is 1.73. The van der Waals surface area contributed by atoms with Crippen molar-refractivity contribution in [1.29, 1.82) is 0 Å². The van der Waals surface area contributed by atoms with Crippen molar-refractivity contribution in [2.75, 3.05) is 13.6 Å². The molecule has 0 bridgehead atoms. The molecular formula is C11H13BrFN. The molecule has 3 heteroatoms. The highest BCUT2D eigenvalue weighted by Crippen LogP contribution is 2.17. The summed E-state index contributed by atoms with van der Waals surface area (Å²) in [6.45, 7) is 2.74. The molecule has 0 aromatic heterocycles. The van der Waals surface area contributed by atoms with Crippen LogP contribution >= 0.6 is 15.9 Å². The predicted molar refractivity (Wildman–Crippen MR) is 61.7 cm³/mol. The van der Waals surface area contributed by atoms with E-state index >= 15 is 0 Å². The van der Waals surface area contributed by atoms with Crippen LogP contribution in [0, 0.1) is 5.82 Å². The lowest BCUT2D eigenvalue weighted by Gasteiger charge is -2.01. The summed E-state index contributed by atoms with van der Waals surface area (Å²) in [5.74, 6) is -0.199. The second-order valence-electron chi connectivity index (χ2n) is 3.19. The fraction of sp³-hybridized carbons (Fsp3) is 0.273. The first-order valence-electron chi connectivity index (χ1n) is 4.40. The molecule has 1 nitrogen and oxygen atoms in total. The average molecular weight is 258 g/mol. The first kappa shape index (κ1) is 11.4. The van der Waals surface area contributed by atoms with E-state index in [0.29, 0.717) is 5.56 Å². The van der Waals surface area contributed by atoms with Crippen LogP contribution < -0.4 is 5.32 Å². The molecule has 1 aromatic rings. The van der Waals surface area contributed by atoms with Crippen LogP contribution in [0.5, 0.6) is 0 Å². The van der Waals surface area contributed by atoms with E-state index in [1.165, 1.54) is 6.07 Å². The van der Waals surface area contributed by atoms with Crippen LogP contribution in [-0.2, 0) is 0 Å². The molecule has 0 radical (unpaired) electrons. The van der Waals surface area contributed by atoms with Crippen LogP contribution in [0.3, 0.4) is 0 Å². The highest BCUT2D eigenvalue weighted by Gasteiger charge is 1.99. The van der Waals surface area contributed by atoms with Gasteiger partial charge in [0.15, 0.2) is 0 Å². The van der Waals surface area contributed by atoms with Gasteiger partial charge in [-0.25, -0.2) is 4.39 Å². The monoisotopic (exact) mass is 257 g/mol. The van der Waals surface area contributed by atoms with Gasteiger partial charge in [-0.3, -0.25) is 0 Å². The van der Waals surface area contributed by atoms with E-state index in [9.17, 15) is 4.39 Å². The van der Waals surface area contributed by atoms with Gasteiger partial charge in [-0.1, -0.05) is 33.6 Å². The molecule has 0 atom stereocenters. The van der Waals surface area contributed by atoms with Gasteiger partial charge in [-0.15, -0.1) is 0 Å². The van der Waals surface area contributed by atoms with E-state index in [0.717, 1.165) is 16.6 Å². The zero-order chi connectivity index (χ0) is 10.6.